The molecule has 1 N–H and O–H groups in total. The maximum Gasteiger partial charge on any atom is 0.328 e. The van der Waals surface area contributed by atoms with Gasteiger partial charge in [0, 0.05) is 6.08 Å². The molecule has 0 aromatic rings. The predicted octanol–water partition coefficient (Wildman–Crippen LogP) is 3.59. The first-order chi connectivity index (χ1) is 7.56. The highest BCUT2D eigenvalue weighted by Gasteiger charge is 2.37. The summed E-state index contributed by atoms with van der Waals surface area (Å²) < 4.78 is 6.08. The lowest BCUT2D eigenvalue weighted by Crippen LogP contribution is -2.42. The Hall–Kier alpha value is -0.873. The molecule has 0 aromatic carbocycles. The van der Waals surface area contributed by atoms with Crippen molar-refractivity contribution >= 4 is 14.3 Å². The van der Waals surface area contributed by atoms with Crippen molar-refractivity contribution in [1.82, 2.24) is 0 Å². The van der Waals surface area contributed by atoms with E-state index >= 15 is 0 Å². The van der Waals surface area contributed by atoms with E-state index in [4.69, 9.17) is 9.53 Å². The third-order valence-corrected chi connectivity index (χ3v) is 7.59. The van der Waals surface area contributed by atoms with Crippen molar-refractivity contribution < 1.29 is 14.3 Å². The van der Waals surface area contributed by atoms with Gasteiger partial charge in [-0.3, -0.25) is 0 Å². The Morgan fingerprint density at radius 2 is 1.82 bits per heavy atom. The van der Waals surface area contributed by atoms with E-state index in [1.54, 1.807) is 6.08 Å². The Morgan fingerprint density at radius 1 is 1.29 bits per heavy atom. The molecule has 0 aliphatic heterocycles. The highest BCUT2D eigenvalue weighted by atomic mass is 28.4. The lowest BCUT2D eigenvalue weighted by Gasteiger charge is -2.37. The number of aliphatic carboxylic acids is 1. The number of hydrogen-bond donors (Lipinski definition) is 1. The molecule has 0 spiro atoms. The van der Waals surface area contributed by atoms with Gasteiger partial charge in [-0.25, -0.2) is 4.79 Å². The molecule has 0 bridgehead atoms. The van der Waals surface area contributed by atoms with Crippen LogP contribution >= 0.6 is 0 Å². The molecule has 4 heteroatoms. The van der Waals surface area contributed by atoms with Gasteiger partial charge in [-0.2, -0.15) is 0 Å². The standard InChI is InChI=1S/C13H24O3Si/c1-11(9-7-8-10-12(14)15)16-17(5,6)13(2,3)4/h7-11H,1-6H3,(H,14,15)/b9-7+,10-8-/t11-/m0/s1. The summed E-state index contributed by atoms with van der Waals surface area (Å²) in [6, 6.07) is 0. The summed E-state index contributed by atoms with van der Waals surface area (Å²) in [4.78, 5) is 10.3. The Morgan fingerprint density at radius 3 is 2.24 bits per heavy atom. The van der Waals surface area contributed by atoms with Gasteiger partial charge in [0.05, 0.1) is 6.10 Å². The van der Waals surface area contributed by atoms with Gasteiger partial charge in [0.25, 0.3) is 0 Å². The van der Waals surface area contributed by atoms with Crippen LogP contribution < -0.4 is 0 Å². The summed E-state index contributed by atoms with van der Waals surface area (Å²) >= 11 is 0. The zero-order valence-electron chi connectivity index (χ0n) is 11.7. The number of allylic oxidation sites excluding steroid dienone is 2. The molecule has 0 heterocycles. The molecule has 0 saturated heterocycles. The van der Waals surface area contributed by atoms with Crippen LogP contribution in [-0.2, 0) is 9.22 Å². The fourth-order valence-electron chi connectivity index (χ4n) is 1.04. The molecule has 0 aliphatic rings. The number of carboxylic acid groups (broad SMARTS) is 1. The molecule has 0 rings (SSSR count). The lowest BCUT2D eigenvalue weighted by molar-refractivity contribution is -0.131. The first kappa shape index (κ1) is 16.1. The maximum atomic E-state index is 10.3. The van der Waals surface area contributed by atoms with E-state index in [1.807, 2.05) is 13.0 Å². The molecule has 1 atom stereocenters. The predicted molar refractivity (Wildman–Crippen MR) is 73.7 cm³/mol. The number of carbonyl (C=O) groups is 1. The summed E-state index contributed by atoms with van der Waals surface area (Å²) in [5, 5.41) is 8.61. The van der Waals surface area contributed by atoms with Crippen molar-refractivity contribution in [3.05, 3.63) is 24.3 Å². The molecule has 3 nitrogen and oxygen atoms in total. The average Bonchev–Trinajstić information content (AvgIpc) is 2.09. The Labute approximate surface area is 105 Å². The number of rotatable bonds is 5. The molecular formula is C13H24O3Si. The van der Waals surface area contributed by atoms with Gasteiger partial charge in [0.2, 0.25) is 0 Å². The Bertz CT molecular complexity index is 311. The van der Waals surface area contributed by atoms with Crippen LogP contribution in [0.4, 0.5) is 0 Å². The smallest absolute Gasteiger partial charge is 0.328 e. The zero-order valence-corrected chi connectivity index (χ0v) is 12.7. The Kier molecular flexibility index (Phi) is 5.85. The SMILES string of the molecule is C[C@@H](/C=C/C=C\C(=O)O)O[Si](C)(C)C(C)(C)C. The third kappa shape index (κ3) is 6.43. The summed E-state index contributed by atoms with van der Waals surface area (Å²) in [5.74, 6) is -0.937. The maximum absolute atomic E-state index is 10.3. The molecule has 98 valence electrons. The second kappa shape index (κ2) is 6.17. The fourth-order valence-corrected chi connectivity index (χ4v) is 2.40. The van der Waals surface area contributed by atoms with Crippen molar-refractivity contribution in [1.29, 1.82) is 0 Å². The van der Waals surface area contributed by atoms with Crippen LogP contribution in [0.3, 0.4) is 0 Å². The summed E-state index contributed by atoms with van der Waals surface area (Å²) in [7, 11) is -1.74. The van der Waals surface area contributed by atoms with Crippen LogP contribution in [0.1, 0.15) is 27.7 Å². The van der Waals surface area contributed by atoms with Crippen LogP contribution in [0.2, 0.25) is 18.1 Å². The largest absolute Gasteiger partial charge is 0.478 e. The topological polar surface area (TPSA) is 46.5 Å². The van der Waals surface area contributed by atoms with E-state index in [2.05, 4.69) is 33.9 Å². The molecule has 0 aromatic heterocycles. The first-order valence-corrected chi connectivity index (χ1v) is 8.73. The minimum atomic E-state index is -1.74. The zero-order chi connectivity index (χ0) is 13.7. The number of hydrogen-bond acceptors (Lipinski definition) is 2. The second-order valence-electron chi connectivity index (χ2n) is 5.67. The molecule has 0 radical (unpaired) electrons. The second-order valence-corrected chi connectivity index (χ2v) is 10.4. The quantitative estimate of drug-likeness (QED) is 0.464. The normalized spacial score (nSPS) is 15.6. The first-order valence-electron chi connectivity index (χ1n) is 5.82. The van der Waals surface area contributed by atoms with E-state index in [9.17, 15) is 4.79 Å². The van der Waals surface area contributed by atoms with Crippen LogP contribution in [0, 0.1) is 0 Å². The van der Waals surface area contributed by atoms with E-state index < -0.39 is 14.3 Å². The van der Waals surface area contributed by atoms with E-state index in [0.717, 1.165) is 6.08 Å². The third-order valence-electron chi connectivity index (χ3n) is 3.02. The molecule has 0 unspecified atom stereocenters. The number of carboxylic acids is 1. The molecule has 0 amide bonds. The van der Waals surface area contributed by atoms with Gasteiger partial charge in [0.1, 0.15) is 0 Å². The summed E-state index contributed by atoms with van der Waals surface area (Å²) in [6.07, 6.45) is 6.21. The van der Waals surface area contributed by atoms with Crippen molar-refractivity contribution in [3.8, 4) is 0 Å². The van der Waals surface area contributed by atoms with Crippen LogP contribution in [-0.4, -0.2) is 25.5 Å². The molecular weight excluding hydrogens is 232 g/mol. The van der Waals surface area contributed by atoms with E-state index in [1.165, 1.54) is 6.08 Å². The van der Waals surface area contributed by atoms with Gasteiger partial charge in [0.15, 0.2) is 8.32 Å². The Balaban J connectivity index is 4.37. The van der Waals surface area contributed by atoms with E-state index in [-0.39, 0.29) is 11.1 Å². The molecule has 0 fully saturated rings. The van der Waals surface area contributed by atoms with Gasteiger partial charge < -0.3 is 9.53 Å². The summed E-state index contributed by atoms with van der Waals surface area (Å²) in [6.45, 7) is 13.0. The van der Waals surface area contributed by atoms with Crippen molar-refractivity contribution in [2.75, 3.05) is 0 Å². The molecule has 0 aliphatic carbocycles. The fraction of sp³-hybridized carbons (Fsp3) is 0.615. The monoisotopic (exact) mass is 256 g/mol. The van der Waals surface area contributed by atoms with Gasteiger partial charge in [-0.1, -0.05) is 39.0 Å². The highest BCUT2D eigenvalue weighted by molar-refractivity contribution is 6.74. The van der Waals surface area contributed by atoms with Crippen LogP contribution in [0.25, 0.3) is 0 Å². The van der Waals surface area contributed by atoms with Gasteiger partial charge >= 0.3 is 5.97 Å². The average molecular weight is 256 g/mol. The highest BCUT2D eigenvalue weighted by Crippen LogP contribution is 2.37. The van der Waals surface area contributed by atoms with Crippen LogP contribution in [0.5, 0.6) is 0 Å². The minimum Gasteiger partial charge on any atom is -0.478 e. The van der Waals surface area contributed by atoms with Crippen molar-refractivity contribution in [2.45, 2.75) is 51.9 Å². The van der Waals surface area contributed by atoms with Crippen LogP contribution in [0.15, 0.2) is 24.3 Å². The minimum absolute atomic E-state index is 0.00864. The van der Waals surface area contributed by atoms with Gasteiger partial charge in [-0.15, -0.1) is 0 Å². The molecule has 17 heavy (non-hydrogen) atoms. The lowest BCUT2D eigenvalue weighted by atomic mass is 10.2. The van der Waals surface area contributed by atoms with E-state index in [0.29, 0.717) is 0 Å². The van der Waals surface area contributed by atoms with Gasteiger partial charge in [-0.05, 0) is 25.1 Å². The summed E-state index contributed by atoms with van der Waals surface area (Å²) in [5.41, 5.74) is 0. The van der Waals surface area contributed by atoms with Crippen molar-refractivity contribution in [3.63, 3.8) is 0 Å². The van der Waals surface area contributed by atoms with Crippen molar-refractivity contribution in [2.24, 2.45) is 0 Å². The molecule has 0 saturated carbocycles.